The van der Waals surface area contributed by atoms with Gasteiger partial charge >= 0.3 is 0 Å². The van der Waals surface area contributed by atoms with Crippen molar-refractivity contribution in [3.05, 3.63) is 41.5 Å². The summed E-state index contributed by atoms with van der Waals surface area (Å²) in [6.45, 7) is 7.13. The zero-order valence-electron chi connectivity index (χ0n) is 14.1. The van der Waals surface area contributed by atoms with Crippen molar-refractivity contribution >= 4 is 5.91 Å². The lowest BCUT2D eigenvalue weighted by Gasteiger charge is -2.35. The molecule has 2 aromatic rings. The SMILES string of the molecule is Cc1nc(COc2ccc(C(=O)N3C[C@H](C)O[C@@H](C)C3)cc2)no1. The summed E-state index contributed by atoms with van der Waals surface area (Å²) in [6, 6.07) is 7.08. The van der Waals surface area contributed by atoms with Gasteiger partial charge in [-0.05, 0) is 38.1 Å². The minimum atomic E-state index is 0.0114. The Labute approximate surface area is 140 Å². The number of nitrogens with zero attached hydrogens (tertiary/aromatic N) is 3. The van der Waals surface area contributed by atoms with Crippen molar-refractivity contribution in [1.29, 1.82) is 0 Å². The first-order valence-corrected chi connectivity index (χ1v) is 7.98. The predicted octanol–water partition coefficient (Wildman–Crippen LogP) is 2.21. The number of hydrogen-bond acceptors (Lipinski definition) is 6. The van der Waals surface area contributed by atoms with E-state index in [2.05, 4.69) is 10.1 Å². The van der Waals surface area contributed by atoms with Gasteiger partial charge in [0, 0.05) is 25.6 Å². The summed E-state index contributed by atoms with van der Waals surface area (Å²) >= 11 is 0. The zero-order valence-corrected chi connectivity index (χ0v) is 14.1. The van der Waals surface area contributed by atoms with Gasteiger partial charge in [0.1, 0.15) is 5.75 Å². The van der Waals surface area contributed by atoms with Gasteiger partial charge < -0.3 is 18.9 Å². The highest BCUT2D eigenvalue weighted by Gasteiger charge is 2.26. The van der Waals surface area contributed by atoms with E-state index in [0.717, 1.165) is 0 Å². The third-order valence-corrected chi connectivity index (χ3v) is 3.75. The summed E-state index contributed by atoms with van der Waals surface area (Å²) in [5, 5.41) is 3.77. The fourth-order valence-electron chi connectivity index (χ4n) is 2.77. The molecule has 3 rings (SSSR count). The summed E-state index contributed by atoms with van der Waals surface area (Å²) < 4.78 is 16.1. The summed E-state index contributed by atoms with van der Waals surface area (Å²) in [6.07, 6.45) is 0.109. The minimum absolute atomic E-state index is 0.0114. The number of carbonyl (C=O) groups is 1. The number of rotatable bonds is 4. The molecule has 0 bridgehead atoms. The fraction of sp³-hybridized carbons (Fsp3) is 0.471. The van der Waals surface area contributed by atoms with Crippen LogP contribution in [-0.2, 0) is 11.3 Å². The van der Waals surface area contributed by atoms with Crippen molar-refractivity contribution in [2.45, 2.75) is 39.6 Å². The Kier molecular flexibility index (Phi) is 4.80. The van der Waals surface area contributed by atoms with Crippen molar-refractivity contribution in [2.75, 3.05) is 13.1 Å². The Morgan fingerprint density at radius 1 is 1.25 bits per heavy atom. The molecule has 2 heterocycles. The van der Waals surface area contributed by atoms with Crippen molar-refractivity contribution in [2.24, 2.45) is 0 Å². The maximum atomic E-state index is 12.6. The number of benzene rings is 1. The third-order valence-electron chi connectivity index (χ3n) is 3.75. The maximum absolute atomic E-state index is 12.6. The van der Waals surface area contributed by atoms with Crippen LogP contribution in [0.5, 0.6) is 5.75 Å². The van der Waals surface area contributed by atoms with Gasteiger partial charge in [-0.3, -0.25) is 4.79 Å². The minimum Gasteiger partial charge on any atom is -0.485 e. The second-order valence-electron chi connectivity index (χ2n) is 6.01. The number of carbonyl (C=O) groups excluding carboxylic acids is 1. The Balaban J connectivity index is 1.60. The van der Waals surface area contributed by atoms with E-state index in [1.165, 1.54) is 0 Å². The Morgan fingerprint density at radius 2 is 1.92 bits per heavy atom. The van der Waals surface area contributed by atoms with Crippen molar-refractivity contribution in [3.8, 4) is 5.75 Å². The summed E-state index contributed by atoms with van der Waals surface area (Å²) in [7, 11) is 0. The molecule has 0 saturated carbocycles. The van der Waals surface area contributed by atoms with Gasteiger partial charge in [-0.15, -0.1) is 0 Å². The Bertz CT molecular complexity index is 688. The smallest absolute Gasteiger partial charge is 0.254 e. The average molecular weight is 331 g/mol. The molecular weight excluding hydrogens is 310 g/mol. The van der Waals surface area contributed by atoms with Gasteiger partial charge in [-0.2, -0.15) is 4.98 Å². The molecule has 1 amide bonds. The van der Waals surface area contributed by atoms with Gasteiger partial charge in [0.25, 0.3) is 5.91 Å². The fourth-order valence-corrected chi connectivity index (χ4v) is 2.77. The second-order valence-corrected chi connectivity index (χ2v) is 6.01. The van der Waals surface area contributed by atoms with Crippen LogP contribution in [0.3, 0.4) is 0 Å². The van der Waals surface area contributed by atoms with Crippen LogP contribution >= 0.6 is 0 Å². The highest BCUT2D eigenvalue weighted by atomic mass is 16.5. The molecule has 0 aliphatic carbocycles. The predicted molar refractivity (Wildman–Crippen MR) is 85.7 cm³/mol. The number of aryl methyl sites for hydroxylation is 1. The lowest BCUT2D eigenvalue weighted by atomic mass is 10.1. The van der Waals surface area contributed by atoms with E-state index in [-0.39, 0.29) is 24.7 Å². The molecule has 7 heteroatoms. The van der Waals surface area contributed by atoms with Crippen molar-refractivity contribution in [3.63, 3.8) is 0 Å². The van der Waals surface area contributed by atoms with E-state index >= 15 is 0 Å². The van der Waals surface area contributed by atoms with Gasteiger partial charge in [-0.1, -0.05) is 5.16 Å². The molecule has 1 aromatic heterocycles. The molecule has 1 saturated heterocycles. The van der Waals surface area contributed by atoms with Gasteiger partial charge in [0.2, 0.25) is 11.7 Å². The van der Waals surface area contributed by atoms with Crippen molar-refractivity contribution in [1.82, 2.24) is 15.0 Å². The van der Waals surface area contributed by atoms with Gasteiger partial charge in [0.15, 0.2) is 6.61 Å². The molecule has 1 fully saturated rings. The summed E-state index contributed by atoms with van der Waals surface area (Å²) in [5.74, 6) is 1.66. The highest BCUT2D eigenvalue weighted by molar-refractivity contribution is 5.94. The topological polar surface area (TPSA) is 77.7 Å². The standard InChI is InChI=1S/C17H21N3O4/c1-11-8-20(9-12(2)23-11)17(21)14-4-6-15(7-5-14)22-10-16-18-13(3)24-19-16/h4-7,11-12H,8-10H2,1-3H3/t11-,12-/m0/s1. The number of aromatic nitrogens is 2. The van der Waals surface area contributed by atoms with Crippen LogP contribution < -0.4 is 4.74 Å². The van der Waals surface area contributed by atoms with Crippen LogP contribution in [0.25, 0.3) is 0 Å². The van der Waals surface area contributed by atoms with Gasteiger partial charge in [0.05, 0.1) is 12.2 Å². The molecule has 7 nitrogen and oxygen atoms in total. The molecular formula is C17H21N3O4. The van der Waals surface area contributed by atoms with E-state index < -0.39 is 0 Å². The summed E-state index contributed by atoms with van der Waals surface area (Å²) in [4.78, 5) is 18.5. The quantitative estimate of drug-likeness (QED) is 0.855. The largest absolute Gasteiger partial charge is 0.485 e. The monoisotopic (exact) mass is 331 g/mol. The molecule has 1 aliphatic heterocycles. The molecule has 2 atom stereocenters. The second kappa shape index (κ2) is 7.00. The zero-order chi connectivity index (χ0) is 17.1. The maximum Gasteiger partial charge on any atom is 0.254 e. The molecule has 0 spiro atoms. The molecule has 128 valence electrons. The lowest BCUT2D eigenvalue weighted by molar-refractivity contribution is -0.0586. The molecule has 24 heavy (non-hydrogen) atoms. The number of morpholine rings is 1. The first kappa shape index (κ1) is 16.4. The number of ether oxygens (including phenoxy) is 2. The average Bonchev–Trinajstić information content (AvgIpc) is 2.97. The van der Waals surface area contributed by atoms with Crippen LogP contribution in [-0.4, -0.2) is 46.2 Å². The third kappa shape index (κ3) is 3.91. The number of amides is 1. The van der Waals surface area contributed by atoms with Crippen LogP contribution in [0.2, 0.25) is 0 Å². The molecule has 0 N–H and O–H groups in total. The first-order valence-electron chi connectivity index (χ1n) is 7.98. The molecule has 1 aromatic carbocycles. The molecule has 0 unspecified atom stereocenters. The van der Waals surface area contributed by atoms with E-state index in [1.54, 1.807) is 31.2 Å². The summed E-state index contributed by atoms with van der Waals surface area (Å²) in [5.41, 5.74) is 0.638. The van der Waals surface area contributed by atoms with E-state index in [4.69, 9.17) is 14.0 Å². The van der Waals surface area contributed by atoms with Crippen LogP contribution in [0.1, 0.15) is 35.9 Å². The Hall–Kier alpha value is -2.41. The van der Waals surface area contributed by atoms with Crippen LogP contribution in [0.4, 0.5) is 0 Å². The van der Waals surface area contributed by atoms with Crippen molar-refractivity contribution < 1.29 is 18.8 Å². The first-order chi connectivity index (χ1) is 11.5. The van der Waals surface area contributed by atoms with Crippen LogP contribution in [0.15, 0.2) is 28.8 Å². The van der Waals surface area contributed by atoms with Crippen LogP contribution in [0, 0.1) is 6.92 Å². The molecule has 0 radical (unpaired) electrons. The van der Waals surface area contributed by atoms with E-state index in [0.29, 0.717) is 36.1 Å². The molecule has 1 aliphatic rings. The highest BCUT2D eigenvalue weighted by Crippen LogP contribution is 2.18. The normalized spacial score (nSPS) is 20.9. The van der Waals surface area contributed by atoms with E-state index in [1.807, 2.05) is 18.7 Å². The van der Waals surface area contributed by atoms with E-state index in [9.17, 15) is 4.79 Å². The lowest BCUT2D eigenvalue weighted by Crippen LogP contribution is -2.48. The Morgan fingerprint density at radius 3 is 2.50 bits per heavy atom. The van der Waals surface area contributed by atoms with Gasteiger partial charge in [-0.25, -0.2) is 0 Å². The number of hydrogen-bond donors (Lipinski definition) is 0.